The summed E-state index contributed by atoms with van der Waals surface area (Å²) < 4.78 is 77.4. The third-order valence-corrected chi connectivity index (χ3v) is 4.14. The molecule has 148 valence electrons. The maximum atomic E-state index is 12.9. The van der Waals surface area contributed by atoms with Crippen LogP contribution in [-0.4, -0.2) is 29.9 Å². The Morgan fingerprint density at radius 3 is 1.85 bits per heavy atom. The summed E-state index contributed by atoms with van der Waals surface area (Å²) in [5.74, 6) is -0.606. The van der Waals surface area contributed by atoms with Gasteiger partial charge in [0.1, 0.15) is 0 Å². The minimum atomic E-state index is -5.94. The highest BCUT2D eigenvalue weighted by atomic mass is 19.4. The first-order valence-corrected chi connectivity index (χ1v) is 8.08. The normalized spacial score (nSPS) is 14.2. The predicted molar refractivity (Wildman–Crippen MR) is 84.5 cm³/mol. The van der Waals surface area contributed by atoms with Crippen LogP contribution in [0.15, 0.2) is 24.3 Å². The molecule has 1 aromatic rings. The summed E-state index contributed by atoms with van der Waals surface area (Å²) in [5.41, 5.74) is -6.17. The van der Waals surface area contributed by atoms with E-state index in [-0.39, 0.29) is 24.1 Å². The van der Waals surface area contributed by atoms with E-state index >= 15 is 0 Å². The molecule has 9 heteroatoms. The number of amides is 1. The van der Waals surface area contributed by atoms with Crippen LogP contribution in [0.4, 0.5) is 32.0 Å². The molecule has 0 aliphatic heterocycles. The highest BCUT2D eigenvalue weighted by Gasteiger charge is 2.71. The first-order valence-electron chi connectivity index (χ1n) is 8.08. The maximum absolute atomic E-state index is 12.9. The molecule has 1 aromatic carbocycles. The fraction of sp³-hybridized carbons (Fsp3) is 0.588. The lowest BCUT2D eigenvalue weighted by molar-refractivity contribution is -0.376. The number of aliphatic hydroxyl groups is 1. The second-order valence-electron chi connectivity index (χ2n) is 6.03. The first-order chi connectivity index (χ1) is 11.8. The van der Waals surface area contributed by atoms with Gasteiger partial charge in [-0.15, -0.1) is 0 Å². The standard InChI is InChI=1S/C17H21F6NO2/c1-4-6-11(3)14(25)24(5-2)13-9-7-12(8-10-13)15(26,16(18,19)20)17(21,22)23/h7-11,26H,4-6H2,1-3H3. The van der Waals surface area contributed by atoms with Gasteiger partial charge in [-0.3, -0.25) is 4.79 Å². The van der Waals surface area contributed by atoms with Gasteiger partial charge in [0.15, 0.2) is 0 Å². The molecule has 0 aliphatic rings. The van der Waals surface area contributed by atoms with E-state index in [9.17, 15) is 36.2 Å². The molecule has 1 atom stereocenters. The summed E-state index contributed by atoms with van der Waals surface area (Å²) >= 11 is 0. The molecule has 1 amide bonds. The molecule has 0 saturated heterocycles. The Bertz CT molecular complexity index is 595. The summed E-state index contributed by atoms with van der Waals surface area (Å²) in [6, 6.07) is 3.02. The van der Waals surface area contributed by atoms with Gasteiger partial charge in [-0.25, -0.2) is 0 Å². The molecule has 0 bridgehead atoms. The molecular weight excluding hydrogens is 364 g/mol. The van der Waals surface area contributed by atoms with E-state index in [2.05, 4.69) is 0 Å². The van der Waals surface area contributed by atoms with Gasteiger partial charge >= 0.3 is 12.4 Å². The topological polar surface area (TPSA) is 40.5 Å². The Morgan fingerprint density at radius 2 is 1.50 bits per heavy atom. The lowest BCUT2D eigenvalue weighted by Crippen LogP contribution is -2.53. The lowest BCUT2D eigenvalue weighted by Gasteiger charge is -2.33. The van der Waals surface area contributed by atoms with Crippen LogP contribution in [0.1, 0.15) is 39.2 Å². The molecule has 0 aliphatic carbocycles. The Balaban J connectivity index is 3.26. The van der Waals surface area contributed by atoms with E-state index in [1.165, 1.54) is 4.90 Å². The van der Waals surface area contributed by atoms with Crippen LogP contribution in [0.3, 0.4) is 0 Å². The minimum absolute atomic E-state index is 0.163. The van der Waals surface area contributed by atoms with E-state index in [0.29, 0.717) is 18.6 Å². The molecule has 1 unspecified atom stereocenters. The van der Waals surface area contributed by atoms with Crippen LogP contribution < -0.4 is 4.90 Å². The van der Waals surface area contributed by atoms with E-state index in [1.54, 1.807) is 13.8 Å². The number of rotatable bonds is 6. The monoisotopic (exact) mass is 385 g/mol. The number of benzene rings is 1. The molecule has 0 saturated carbocycles. The zero-order valence-corrected chi connectivity index (χ0v) is 14.6. The number of carbonyl (C=O) groups is 1. The molecule has 0 spiro atoms. The molecular formula is C17H21F6NO2. The Kier molecular flexibility index (Phi) is 6.73. The molecule has 26 heavy (non-hydrogen) atoms. The molecule has 1 N–H and O–H groups in total. The smallest absolute Gasteiger partial charge is 0.369 e. The fourth-order valence-corrected chi connectivity index (χ4v) is 2.66. The molecule has 0 heterocycles. The predicted octanol–water partition coefficient (Wildman–Crippen LogP) is 4.79. The quantitative estimate of drug-likeness (QED) is 0.716. The number of carbonyl (C=O) groups excluding carboxylic acids is 1. The molecule has 0 radical (unpaired) electrons. The fourth-order valence-electron chi connectivity index (χ4n) is 2.66. The van der Waals surface area contributed by atoms with Crippen LogP contribution in [0.25, 0.3) is 0 Å². The Morgan fingerprint density at radius 1 is 1.04 bits per heavy atom. The summed E-state index contributed by atoms with van der Waals surface area (Å²) in [5, 5.41) is 9.38. The zero-order valence-electron chi connectivity index (χ0n) is 14.6. The van der Waals surface area contributed by atoms with Crippen molar-refractivity contribution < 1.29 is 36.2 Å². The van der Waals surface area contributed by atoms with Gasteiger partial charge in [0.05, 0.1) is 0 Å². The highest BCUT2D eigenvalue weighted by Crippen LogP contribution is 2.50. The first kappa shape index (κ1) is 22.3. The summed E-state index contributed by atoms with van der Waals surface area (Å²) in [4.78, 5) is 13.7. The van der Waals surface area contributed by atoms with Crippen LogP contribution in [0.2, 0.25) is 0 Å². The van der Waals surface area contributed by atoms with Crippen molar-refractivity contribution in [2.45, 2.75) is 51.6 Å². The van der Waals surface area contributed by atoms with Crippen molar-refractivity contribution in [2.24, 2.45) is 5.92 Å². The van der Waals surface area contributed by atoms with Crippen molar-refractivity contribution in [3.05, 3.63) is 29.8 Å². The second kappa shape index (κ2) is 7.85. The maximum Gasteiger partial charge on any atom is 0.430 e. The van der Waals surface area contributed by atoms with Gasteiger partial charge < -0.3 is 10.0 Å². The van der Waals surface area contributed by atoms with Gasteiger partial charge in [0.2, 0.25) is 5.91 Å². The zero-order chi connectivity index (χ0) is 20.3. The number of anilines is 1. The number of hydrogen-bond acceptors (Lipinski definition) is 2. The third-order valence-electron chi connectivity index (χ3n) is 4.14. The lowest BCUT2D eigenvalue weighted by atomic mass is 9.92. The van der Waals surface area contributed by atoms with Crippen LogP contribution >= 0.6 is 0 Å². The van der Waals surface area contributed by atoms with E-state index in [1.807, 2.05) is 6.92 Å². The second-order valence-corrected chi connectivity index (χ2v) is 6.03. The van der Waals surface area contributed by atoms with Gasteiger partial charge in [0.25, 0.3) is 5.60 Å². The van der Waals surface area contributed by atoms with Gasteiger partial charge in [-0.2, -0.15) is 26.3 Å². The van der Waals surface area contributed by atoms with Crippen molar-refractivity contribution in [2.75, 3.05) is 11.4 Å². The van der Waals surface area contributed by atoms with Crippen molar-refractivity contribution in [1.29, 1.82) is 0 Å². The van der Waals surface area contributed by atoms with Gasteiger partial charge in [-0.1, -0.05) is 32.4 Å². The van der Waals surface area contributed by atoms with Crippen LogP contribution in [0, 0.1) is 5.92 Å². The summed E-state index contributed by atoms with van der Waals surface area (Å²) in [6.07, 6.45) is -10.5. The van der Waals surface area contributed by atoms with Crippen molar-refractivity contribution >= 4 is 11.6 Å². The van der Waals surface area contributed by atoms with Crippen molar-refractivity contribution in [1.82, 2.24) is 0 Å². The van der Waals surface area contributed by atoms with Crippen LogP contribution in [-0.2, 0) is 10.4 Å². The van der Waals surface area contributed by atoms with Crippen LogP contribution in [0.5, 0.6) is 0 Å². The highest BCUT2D eigenvalue weighted by molar-refractivity contribution is 5.94. The molecule has 1 rings (SSSR count). The van der Waals surface area contributed by atoms with Gasteiger partial charge in [0, 0.05) is 23.7 Å². The molecule has 3 nitrogen and oxygen atoms in total. The van der Waals surface area contributed by atoms with Crippen molar-refractivity contribution in [3.63, 3.8) is 0 Å². The minimum Gasteiger partial charge on any atom is -0.369 e. The van der Waals surface area contributed by atoms with E-state index < -0.39 is 23.5 Å². The van der Waals surface area contributed by atoms with E-state index in [4.69, 9.17) is 0 Å². The number of alkyl halides is 6. The number of halogens is 6. The SMILES string of the molecule is CCCC(C)C(=O)N(CC)c1ccc(C(O)(C(F)(F)F)C(F)(F)F)cc1. The molecule has 0 fully saturated rings. The average Bonchev–Trinajstić information content (AvgIpc) is 2.53. The third kappa shape index (κ3) is 4.13. The van der Waals surface area contributed by atoms with Crippen molar-refractivity contribution in [3.8, 4) is 0 Å². The summed E-state index contributed by atoms with van der Waals surface area (Å²) in [6.45, 7) is 5.44. The molecule has 0 aromatic heterocycles. The Hall–Kier alpha value is -1.77. The number of hydrogen-bond donors (Lipinski definition) is 1. The number of nitrogens with zero attached hydrogens (tertiary/aromatic N) is 1. The Labute approximate surface area is 147 Å². The largest absolute Gasteiger partial charge is 0.430 e. The summed E-state index contributed by atoms with van der Waals surface area (Å²) in [7, 11) is 0. The van der Waals surface area contributed by atoms with E-state index in [0.717, 1.165) is 18.6 Å². The van der Waals surface area contributed by atoms with Gasteiger partial charge in [-0.05, 0) is 25.5 Å². The average molecular weight is 385 g/mol.